The number of carbonyl (C=O) groups is 1. The second-order valence-electron chi connectivity index (χ2n) is 3.66. The Morgan fingerprint density at radius 1 is 1.67 bits per heavy atom. The van der Waals surface area contributed by atoms with Crippen LogP contribution in [-0.4, -0.2) is 25.5 Å². The Morgan fingerprint density at radius 2 is 2.33 bits per heavy atom. The maximum Gasteiger partial charge on any atom is 0.532 e. The van der Waals surface area contributed by atoms with Gasteiger partial charge in [-0.15, -0.1) is 0 Å². The Hall–Kier alpha value is -0.345. The van der Waals surface area contributed by atoms with Crippen molar-refractivity contribution in [2.45, 2.75) is 33.3 Å². The third-order valence-electron chi connectivity index (χ3n) is 1.82. The summed E-state index contributed by atoms with van der Waals surface area (Å²) in [6.45, 7) is 6.31. The normalized spacial score (nSPS) is 23.7. The first-order valence-electron chi connectivity index (χ1n) is 4.37. The van der Waals surface area contributed by atoms with Crippen molar-refractivity contribution in [3.63, 3.8) is 0 Å². The van der Waals surface area contributed by atoms with Gasteiger partial charge in [0.25, 0.3) is 0 Å². The molecule has 0 radical (unpaired) electrons. The van der Waals surface area contributed by atoms with Gasteiger partial charge in [-0.1, -0.05) is 13.8 Å². The van der Waals surface area contributed by atoms with Crippen LogP contribution in [0.5, 0.6) is 0 Å². The molecule has 0 aromatic heterocycles. The van der Waals surface area contributed by atoms with Gasteiger partial charge in [0.2, 0.25) is 0 Å². The standard InChI is InChI=1S/C8H15BO3/c1-6(2)4-8-5-11-9(12-8)7(3)10/h6,8H,4-5H2,1-3H3. The van der Waals surface area contributed by atoms with Crippen LogP contribution in [0.3, 0.4) is 0 Å². The molecule has 0 aromatic carbocycles. The van der Waals surface area contributed by atoms with E-state index in [4.69, 9.17) is 9.31 Å². The van der Waals surface area contributed by atoms with E-state index in [1.165, 1.54) is 6.92 Å². The van der Waals surface area contributed by atoms with Crippen LogP contribution >= 0.6 is 0 Å². The molecule has 68 valence electrons. The molecule has 1 fully saturated rings. The number of hydrogen-bond acceptors (Lipinski definition) is 3. The minimum Gasteiger partial charge on any atom is -0.403 e. The lowest BCUT2D eigenvalue weighted by atomic mass is 9.85. The van der Waals surface area contributed by atoms with Gasteiger partial charge < -0.3 is 14.1 Å². The van der Waals surface area contributed by atoms with E-state index in [-0.39, 0.29) is 11.8 Å². The fourth-order valence-corrected chi connectivity index (χ4v) is 1.31. The van der Waals surface area contributed by atoms with Crippen LogP contribution in [-0.2, 0) is 14.1 Å². The van der Waals surface area contributed by atoms with Crippen molar-refractivity contribution in [3.8, 4) is 0 Å². The summed E-state index contributed by atoms with van der Waals surface area (Å²) in [5.74, 6) is 0.587. The zero-order chi connectivity index (χ0) is 9.14. The average Bonchev–Trinajstić information content (AvgIpc) is 2.34. The van der Waals surface area contributed by atoms with E-state index in [1.807, 2.05) is 0 Å². The average molecular weight is 170 g/mol. The third kappa shape index (κ3) is 2.61. The first kappa shape index (κ1) is 9.74. The van der Waals surface area contributed by atoms with E-state index in [0.29, 0.717) is 12.5 Å². The minimum atomic E-state index is -0.603. The predicted molar refractivity (Wildman–Crippen MR) is 46.7 cm³/mol. The van der Waals surface area contributed by atoms with Crippen molar-refractivity contribution in [2.75, 3.05) is 6.61 Å². The Bertz CT molecular complexity index is 170. The van der Waals surface area contributed by atoms with Gasteiger partial charge in [0.05, 0.1) is 12.7 Å². The van der Waals surface area contributed by atoms with Gasteiger partial charge in [-0.3, -0.25) is 0 Å². The van der Waals surface area contributed by atoms with Gasteiger partial charge in [-0.2, -0.15) is 0 Å². The maximum atomic E-state index is 10.8. The number of carbonyl (C=O) groups excluding carboxylic acids is 1. The van der Waals surface area contributed by atoms with Crippen LogP contribution < -0.4 is 0 Å². The Kier molecular flexibility index (Phi) is 3.29. The van der Waals surface area contributed by atoms with Crippen molar-refractivity contribution in [3.05, 3.63) is 0 Å². The van der Waals surface area contributed by atoms with Crippen molar-refractivity contribution in [1.82, 2.24) is 0 Å². The first-order valence-corrected chi connectivity index (χ1v) is 4.37. The molecule has 1 rings (SSSR count). The topological polar surface area (TPSA) is 35.5 Å². The summed E-state index contributed by atoms with van der Waals surface area (Å²) in [5, 5.41) is 0. The molecule has 1 atom stereocenters. The number of rotatable bonds is 3. The molecular weight excluding hydrogens is 155 g/mol. The van der Waals surface area contributed by atoms with Crippen LogP contribution in [0.15, 0.2) is 0 Å². The molecule has 1 unspecified atom stereocenters. The Labute approximate surface area is 73.6 Å². The SMILES string of the molecule is CC(=O)B1OCC(CC(C)C)O1. The Balaban J connectivity index is 2.30. The van der Waals surface area contributed by atoms with Crippen molar-refractivity contribution in [2.24, 2.45) is 5.92 Å². The summed E-state index contributed by atoms with van der Waals surface area (Å²) < 4.78 is 10.5. The fraction of sp³-hybridized carbons (Fsp3) is 0.875. The summed E-state index contributed by atoms with van der Waals surface area (Å²) >= 11 is 0. The van der Waals surface area contributed by atoms with Crippen molar-refractivity contribution >= 4 is 12.8 Å². The summed E-state index contributed by atoms with van der Waals surface area (Å²) in [6, 6.07) is 0. The summed E-state index contributed by atoms with van der Waals surface area (Å²) in [7, 11) is -0.603. The van der Waals surface area contributed by atoms with Crippen LogP contribution in [0.4, 0.5) is 0 Å². The smallest absolute Gasteiger partial charge is 0.403 e. The highest BCUT2D eigenvalue weighted by Crippen LogP contribution is 2.16. The second-order valence-corrected chi connectivity index (χ2v) is 3.66. The van der Waals surface area contributed by atoms with Gasteiger partial charge in [-0.25, -0.2) is 0 Å². The van der Waals surface area contributed by atoms with Crippen LogP contribution in [0, 0.1) is 5.92 Å². The molecule has 0 amide bonds. The van der Waals surface area contributed by atoms with Crippen molar-refractivity contribution < 1.29 is 14.1 Å². The first-order chi connectivity index (χ1) is 5.59. The van der Waals surface area contributed by atoms with Gasteiger partial charge in [0.1, 0.15) is 0 Å². The van der Waals surface area contributed by atoms with E-state index in [0.717, 1.165) is 6.42 Å². The molecule has 1 aliphatic rings. The number of hydrogen-bond donors (Lipinski definition) is 0. The largest absolute Gasteiger partial charge is 0.532 e. The molecule has 0 aromatic rings. The van der Waals surface area contributed by atoms with Gasteiger partial charge in [0, 0.05) is 0 Å². The Morgan fingerprint density at radius 3 is 2.75 bits per heavy atom. The van der Waals surface area contributed by atoms with Crippen molar-refractivity contribution in [1.29, 1.82) is 0 Å². The lowest BCUT2D eigenvalue weighted by Crippen LogP contribution is -2.26. The van der Waals surface area contributed by atoms with E-state index in [1.54, 1.807) is 0 Å². The van der Waals surface area contributed by atoms with E-state index in [9.17, 15) is 4.79 Å². The zero-order valence-electron chi connectivity index (χ0n) is 7.87. The highest BCUT2D eigenvalue weighted by molar-refractivity contribution is 6.80. The molecule has 0 saturated carbocycles. The molecule has 0 N–H and O–H groups in total. The zero-order valence-corrected chi connectivity index (χ0v) is 7.87. The second kappa shape index (κ2) is 4.05. The lowest BCUT2D eigenvalue weighted by molar-refractivity contribution is -0.112. The van der Waals surface area contributed by atoms with Crippen LogP contribution in [0.1, 0.15) is 27.2 Å². The van der Waals surface area contributed by atoms with Crippen LogP contribution in [0.2, 0.25) is 0 Å². The molecule has 0 aliphatic carbocycles. The summed E-state index contributed by atoms with van der Waals surface area (Å²) in [4.78, 5) is 10.8. The molecule has 1 heterocycles. The van der Waals surface area contributed by atoms with Gasteiger partial charge in [0.15, 0.2) is 5.68 Å². The fourth-order valence-electron chi connectivity index (χ4n) is 1.31. The molecule has 12 heavy (non-hydrogen) atoms. The monoisotopic (exact) mass is 170 g/mol. The molecule has 3 nitrogen and oxygen atoms in total. The van der Waals surface area contributed by atoms with E-state index in [2.05, 4.69) is 13.8 Å². The van der Waals surface area contributed by atoms with Gasteiger partial charge >= 0.3 is 7.12 Å². The molecule has 4 heteroatoms. The quantitative estimate of drug-likeness (QED) is 0.594. The maximum absolute atomic E-state index is 10.8. The van der Waals surface area contributed by atoms with E-state index < -0.39 is 7.12 Å². The van der Waals surface area contributed by atoms with Crippen LogP contribution in [0.25, 0.3) is 0 Å². The highest BCUT2D eigenvalue weighted by Gasteiger charge is 2.35. The van der Waals surface area contributed by atoms with Gasteiger partial charge in [-0.05, 0) is 19.3 Å². The molecule has 0 bridgehead atoms. The summed E-state index contributed by atoms with van der Waals surface area (Å²) in [6.07, 6.45) is 1.07. The molecule has 1 aliphatic heterocycles. The minimum absolute atomic E-state index is 0.0405. The summed E-state index contributed by atoms with van der Waals surface area (Å²) in [5.41, 5.74) is -0.0405. The van der Waals surface area contributed by atoms with E-state index >= 15 is 0 Å². The lowest BCUT2D eigenvalue weighted by Gasteiger charge is -2.10. The molecule has 0 spiro atoms. The highest BCUT2D eigenvalue weighted by atomic mass is 16.6. The molecule has 1 saturated heterocycles. The predicted octanol–water partition coefficient (Wildman–Crippen LogP) is 1.06. The molecular formula is C8H15BO3. The third-order valence-corrected chi connectivity index (χ3v) is 1.82.